The van der Waals surface area contributed by atoms with Gasteiger partial charge in [0.15, 0.2) is 5.17 Å². The van der Waals surface area contributed by atoms with Crippen molar-refractivity contribution in [1.82, 2.24) is 10.3 Å². The van der Waals surface area contributed by atoms with Crippen LogP contribution in [-0.4, -0.2) is 22.0 Å². The summed E-state index contributed by atoms with van der Waals surface area (Å²) < 4.78 is 0. The quantitative estimate of drug-likeness (QED) is 0.500. The number of aromatic nitrogens is 1. The summed E-state index contributed by atoms with van der Waals surface area (Å²) in [4.78, 5) is 34.1. The lowest BCUT2D eigenvalue weighted by Gasteiger charge is -2.24. The molecule has 0 bridgehead atoms. The van der Waals surface area contributed by atoms with Crippen LogP contribution < -0.4 is 10.6 Å². The molecular weight excluding hydrogens is 444 g/mol. The highest BCUT2D eigenvalue weighted by Gasteiger charge is 2.26. The number of fused-ring (bicyclic) bond motifs is 1. The molecule has 2 N–H and O–H groups in total. The van der Waals surface area contributed by atoms with E-state index in [1.165, 1.54) is 11.8 Å². The van der Waals surface area contributed by atoms with Crippen molar-refractivity contribution in [3.05, 3.63) is 70.2 Å². The van der Waals surface area contributed by atoms with Gasteiger partial charge >= 0.3 is 0 Å². The Hall–Kier alpha value is -3.16. The first-order valence-electron chi connectivity index (χ1n) is 10.3. The maximum absolute atomic E-state index is 12.5. The Kier molecular flexibility index (Phi) is 5.68. The number of hydrogen-bond donors (Lipinski definition) is 2. The third kappa shape index (κ3) is 4.40. The number of anilines is 1. The van der Waals surface area contributed by atoms with Gasteiger partial charge < -0.3 is 10.6 Å². The normalized spacial score (nSPS) is 18.7. The number of pyridine rings is 1. The zero-order valence-electron chi connectivity index (χ0n) is 17.0. The number of hydrogen-bond acceptors (Lipinski definition) is 5. The van der Waals surface area contributed by atoms with E-state index in [0.29, 0.717) is 26.5 Å². The molecule has 6 nitrogen and oxygen atoms in total. The summed E-state index contributed by atoms with van der Waals surface area (Å²) in [5, 5.41) is 7.59. The van der Waals surface area contributed by atoms with Gasteiger partial charge in [-0.1, -0.05) is 30.2 Å². The molecule has 5 rings (SSSR count). The van der Waals surface area contributed by atoms with Crippen molar-refractivity contribution in [3.8, 4) is 0 Å². The molecule has 1 aromatic heterocycles. The van der Waals surface area contributed by atoms with E-state index < -0.39 is 0 Å². The van der Waals surface area contributed by atoms with Crippen LogP contribution in [0.15, 0.2) is 64.6 Å². The molecule has 32 heavy (non-hydrogen) atoms. The standard InChI is InChI=1S/C24H19ClN4O2S/c25-18-8-7-17(27-22(30)15-3-1-4-15)13-20(18)28-24-29-23(31)21(32-24)12-14-6-9-19-16(11-14)5-2-10-26-19/h2,5-13,15H,1,3-4H2,(H,27,30)(H,28,29,31)/b21-12+. The minimum absolute atomic E-state index is 0.0246. The molecule has 0 spiro atoms. The molecule has 1 saturated carbocycles. The molecule has 2 aliphatic rings. The molecule has 160 valence electrons. The first-order valence-corrected chi connectivity index (χ1v) is 11.5. The summed E-state index contributed by atoms with van der Waals surface area (Å²) in [6.45, 7) is 0. The van der Waals surface area contributed by atoms with Gasteiger partial charge in [0.05, 0.1) is 21.1 Å². The van der Waals surface area contributed by atoms with Crippen LogP contribution in [-0.2, 0) is 9.59 Å². The molecule has 0 radical (unpaired) electrons. The number of aliphatic imine (C=N–C) groups is 1. The zero-order chi connectivity index (χ0) is 22.1. The summed E-state index contributed by atoms with van der Waals surface area (Å²) in [5.74, 6) is -0.106. The Morgan fingerprint density at radius 2 is 2.09 bits per heavy atom. The van der Waals surface area contributed by atoms with Crippen molar-refractivity contribution >= 4 is 68.7 Å². The highest BCUT2D eigenvalue weighted by Crippen LogP contribution is 2.34. The van der Waals surface area contributed by atoms with Gasteiger partial charge in [-0.2, -0.15) is 0 Å². The largest absolute Gasteiger partial charge is 0.326 e. The molecule has 1 saturated heterocycles. The van der Waals surface area contributed by atoms with Crippen molar-refractivity contribution in [2.75, 3.05) is 5.32 Å². The van der Waals surface area contributed by atoms with E-state index in [1.807, 2.05) is 36.4 Å². The second-order valence-electron chi connectivity index (χ2n) is 7.72. The van der Waals surface area contributed by atoms with Crippen LogP contribution in [0, 0.1) is 5.92 Å². The number of benzene rings is 2. The molecule has 2 fully saturated rings. The molecule has 3 aromatic rings. The molecule has 2 amide bonds. The SMILES string of the molecule is O=C1NC(=Nc2cc(NC(=O)C3CCC3)ccc2Cl)S/C1=C/c1ccc2ncccc2c1. The molecule has 2 heterocycles. The Morgan fingerprint density at radius 3 is 2.91 bits per heavy atom. The van der Waals surface area contributed by atoms with Crippen molar-refractivity contribution in [2.45, 2.75) is 19.3 Å². The lowest BCUT2D eigenvalue weighted by Crippen LogP contribution is -2.27. The lowest BCUT2D eigenvalue weighted by molar-refractivity contribution is -0.122. The van der Waals surface area contributed by atoms with Crippen LogP contribution in [0.4, 0.5) is 11.4 Å². The molecular formula is C24H19ClN4O2S. The van der Waals surface area contributed by atoms with Crippen molar-refractivity contribution in [3.63, 3.8) is 0 Å². The summed E-state index contributed by atoms with van der Waals surface area (Å²) in [6.07, 6.45) is 6.54. The van der Waals surface area contributed by atoms with E-state index >= 15 is 0 Å². The first-order chi connectivity index (χ1) is 15.5. The van der Waals surface area contributed by atoms with Crippen LogP contribution >= 0.6 is 23.4 Å². The van der Waals surface area contributed by atoms with E-state index in [1.54, 1.807) is 24.4 Å². The van der Waals surface area contributed by atoms with Gasteiger partial charge in [-0.05, 0) is 72.6 Å². The number of halogens is 1. The van der Waals surface area contributed by atoms with Crippen LogP contribution in [0.25, 0.3) is 17.0 Å². The molecule has 2 aromatic carbocycles. The van der Waals surface area contributed by atoms with E-state index in [2.05, 4.69) is 20.6 Å². The molecule has 8 heteroatoms. The Morgan fingerprint density at radius 1 is 1.22 bits per heavy atom. The van der Waals surface area contributed by atoms with Crippen LogP contribution in [0.3, 0.4) is 0 Å². The van der Waals surface area contributed by atoms with Gasteiger partial charge in [-0.15, -0.1) is 0 Å². The van der Waals surface area contributed by atoms with Crippen LogP contribution in [0.5, 0.6) is 0 Å². The predicted molar refractivity (Wildman–Crippen MR) is 130 cm³/mol. The summed E-state index contributed by atoms with van der Waals surface area (Å²) in [7, 11) is 0. The Labute approximate surface area is 194 Å². The average molecular weight is 463 g/mol. The number of carbonyl (C=O) groups excluding carboxylic acids is 2. The summed E-state index contributed by atoms with van der Waals surface area (Å²) in [5.41, 5.74) is 2.93. The molecule has 1 aliphatic carbocycles. The van der Waals surface area contributed by atoms with Gasteiger partial charge in [0.1, 0.15) is 0 Å². The van der Waals surface area contributed by atoms with E-state index in [-0.39, 0.29) is 17.7 Å². The lowest BCUT2D eigenvalue weighted by atomic mass is 9.85. The van der Waals surface area contributed by atoms with Crippen molar-refractivity contribution in [1.29, 1.82) is 0 Å². The molecule has 0 atom stereocenters. The molecule has 1 aliphatic heterocycles. The van der Waals surface area contributed by atoms with Crippen LogP contribution in [0.1, 0.15) is 24.8 Å². The number of amides is 2. The number of thioether (sulfide) groups is 1. The van der Waals surface area contributed by atoms with E-state index in [4.69, 9.17) is 11.6 Å². The second kappa shape index (κ2) is 8.76. The summed E-state index contributed by atoms with van der Waals surface area (Å²) >= 11 is 7.56. The highest BCUT2D eigenvalue weighted by molar-refractivity contribution is 8.18. The number of nitrogens with one attached hydrogen (secondary N) is 2. The summed E-state index contributed by atoms with van der Waals surface area (Å²) in [6, 6.07) is 14.9. The molecule has 0 unspecified atom stereocenters. The van der Waals surface area contributed by atoms with Gasteiger partial charge in [0.2, 0.25) is 5.91 Å². The smallest absolute Gasteiger partial charge is 0.264 e. The maximum atomic E-state index is 12.5. The average Bonchev–Trinajstić information content (AvgIpc) is 3.07. The fourth-order valence-corrected chi connectivity index (χ4v) is 4.51. The van der Waals surface area contributed by atoms with Gasteiger partial charge in [-0.25, -0.2) is 4.99 Å². The van der Waals surface area contributed by atoms with Crippen LogP contribution in [0.2, 0.25) is 5.02 Å². The fourth-order valence-electron chi connectivity index (χ4n) is 3.52. The maximum Gasteiger partial charge on any atom is 0.264 e. The van der Waals surface area contributed by atoms with Crippen molar-refractivity contribution < 1.29 is 9.59 Å². The minimum Gasteiger partial charge on any atom is -0.326 e. The van der Waals surface area contributed by atoms with Gasteiger partial charge in [0.25, 0.3) is 5.91 Å². The fraction of sp³-hybridized carbons (Fsp3) is 0.167. The Balaban J connectivity index is 1.35. The topological polar surface area (TPSA) is 83.5 Å². The third-order valence-electron chi connectivity index (χ3n) is 5.49. The Bertz CT molecular complexity index is 1300. The second-order valence-corrected chi connectivity index (χ2v) is 9.16. The monoisotopic (exact) mass is 462 g/mol. The third-order valence-corrected chi connectivity index (χ3v) is 6.72. The number of carbonyl (C=O) groups is 2. The predicted octanol–water partition coefficient (Wildman–Crippen LogP) is 5.52. The van der Waals surface area contributed by atoms with Gasteiger partial charge in [0, 0.05) is 23.2 Å². The number of amidine groups is 1. The first kappa shape index (κ1) is 20.7. The van der Waals surface area contributed by atoms with Crippen molar-refractivity contribution in [2.24, 2.45) is 10.9 Å². The number of nitrogens with zero attached hydrogens (tertiary/aromatic N) is 2. The van der Waals surface area contributed by atoms with E-state index in [0.717, 1.165) is 35.7 Å². The minimum atomic E-state index is -0.217. The van der Waals surface area contributed by atoms with Gasteiger partial charge in [-0.3, -0.25) is 14.6 Å². The van der Waals surface area contributed by atoms with E-state index in [9.17, 15) is 9.59 Å². The number of rotatable bonds is 4. The zero-order valence-corrected chi connectivity index (χ0v) is 18.5. The highest BCUT2D eigenvalue weighted by atomic mass is 35.5.